The van der Waals surface area contributed by atoms with Crippen molar-refractivity contribution < 1.29 is 22.7 Å². The molecule has 140 valence electrons. The maximum atomic E-state index is 12.7. The fourth-order valence-electron chi connectivity index (χ4n) is 3.17. The normalized spacial score (nSPS) is 16.1. The Kier molecular flexibility index (Phi) is 6.32. The molecule has 1 saturated heterocycles. The van der Waals surface area contributed by atoms with Crippen LogP contribution in [-0.4, -0.2) is 57.5 Å². The number of sulfone groups is 1. The van der Waals surface area contributed by atoms with Crippen molar-refractivity contribution in [2.45, 2.75) is 31.9 Å². The Morgan fingerprint density at radius 2 is 1.76 bits per heavy atom. The summed E-state index contributed by atoms with van der Waals surface area (Å²) in [6.45, 7) is 4.73. The highest BCUT2D eigenvalue weighted by Crippen LogP contribution is 2.29. The van der Waals surface area contributed by atoms with Crippen molar-refractivity contribution in [3.63, 3.8) is 0 Å². The number of hydrogen-bond donors (Lipinski definition) is 0. The number of likely N-dealkylation sites (tertiary alicyclic amines) is 1. The number of piperidine rings is 1. The minimum absolute atomic E-state index is 0.110. The van der Waals surface area contributed by atoms with E-state index in [1.807, 2.05) is 13.8 Å². The smallest absolute Gasteiger partial charge is 0.253 e. The van der Waals surface area contributed by atoms with Crippen LogP contribution in [0.25, 0.3) is 0 Å². The molecule has 0 spiro atoms. The molecule has 2 rings (SSSR count). The Morgan fingerprint density at radius 3 is 2.28 bits per heavy atom. The molecule has 1 fully saturated rings. The number of nitrogens with zero attached hydrogens (tertiary/aromatic N) is 1. The molecule has 0 atom stereocenters. The quantitative estimate of drug-likeness (QED) is 0.770. The van der Waals surface area contributed by atoms with Gasteiger partial charge in [0.2, 0.25) is 0 Å². The Hall–Kier alpha value is -1.76. The molecule has 0 saturated carbocycles. The first kappa shape index (κ1) is 19.6. The summed E-state index contributed by atoms with van der Waals surface area (Å²) in [5.74, 6) is 1.29. The van der Waals surface area contributed by atoms with Gasteiger partial charge in [-0.2, -0.15) is 0 Å². The first-order valence-corrected chi connectivity index (χ1v) is 10.2. The van der Waals surface area contributed by atoms with Gasteiger partial charge in [0.1, 0.15) is 0 Å². The van der Waals surface area contributed by atoms with Crippen LogP contribution in [0.3, 0.4) is 0 Å². The summed E-state index contributed by atoms with van der Waals surface area (Å²) in [6, 6.07) is 5.06. The molecule has 7 heteroatoms. The molecule has 0 radical (unpaired) electrons. The van der Waals surface area contributed by atoms with E-state index < -0.39 is 9.84 Å². The van der Waals surface area contributed by atoms with E-state index in [9.17, 15) is 13.2 Å². The molecule has 0 bridgehead atoms. The number of benzene rings is 1. The summed E-state index contributed by atoms with van der Waals surface area (Å²) in [4.78, 5) is 14.4. The fourth-order valence-corrected chi connectivity index (χ4v) is 5.30. The van der Waals surface area contributed by atoms with Crippen LogP contribution in [0, 0.1) is 5.92 Å². The van der Waals surface area contributed by atoms with Gasteiger partial charge >= 0.3 is 0 Å². The molecule has 1 heterocycles. The maximum absolute atomic E-state index is 12.7. The number of methoxy groups -OCH3 is 2. The van der Waals surface area contributed by atoms with Gasteiger partial charge in [0, 0.05) is 18.7 Å². The lowest BCUT2D eigenvalue weighted by Gasteiger charge is -2.32. The molecule has 1 aliphatic heterocycles. The van der Waals surface area contributed by atoms with Crippen molar-refractivity contribution in [1.29, 1.82) is 0 Å². The highest BCUT2D eigenvalue weighted by molar-refractivity contribution is 7.92. The fraction of sp³-hybridized carbons (Fsp3) is 0.611. The highest BCUT2D eigenvalue weighted by atomic mass is 32.2. The van der Waals surface area contributed by atoms with Crippen LogP contribution in [0.1, 0.15) is 37.0 Å². The second-order valence-electron chi connectivity index (χ2n) is 6.78. The second-order valence-corrected chi connectivity index (χ2v) is 9.11. The van der Waals surface area contributed by atoms with Gasteiger partial charge < -0.3 is 14.4 Å². The minimum atomic E-state index is -3.09. The number of rotatable bonds is 6. The van der Waals surface area contributed by atoms with Gasteiger partial charge in [-0.3, -0.25) is 4.79 Å². The van der Waals surface area contributed by atoms with Crippen molar-refractivity contribution in [2.24, 2.45) is 5.92 Å². The van der Waals surface area contributed by atoms with E-state index in [0.29, 0.717) is 43.0 Å². The Morgan fingerprint density at radius 1 is 1.16 bits per heavy atom. The van der Waals surface area contributed by atoms with E-state index in [2.05, 4.69) is 0 Å². The predicted octanol–water partition coefficient (Wildman–Crippen LogP) is 2.38. The molecule has 25 heavy (non-hydrogen) atoms. The molecular formula is C18H27NO5S. The molecule has 0 N–H and O–H groups in total. The molecule has 1 aliphatic rings. The summed E-state index contributed by atoms with van der Waals surface area (Å²) < 4.78 is 35.1. The third-order valence-electron chi connectivity index (χ3n) is 4.43. The number of amides is 1. The van der Waals surface area contributed by atoms with Crippen LogP contribution in [0.15, 0.2) is 18.2 Å². The van der Waals surface area contributed by atoms with E-state index in [-0.39, 0.29) is 22.8 Å². The van der Waals surface area contributed by atoms with Gasteiger partial charge in [0.15, 0.2) is 21.3 Å². The molecular weight excluding hydrogens is 342 g/mol. The van der Waals surface area contributed by atoms with Gasteiger partial charge in [0.25, 0.3) is 5.91 Å². The summed E-state index contributed by atoms with van der Waals surface area (Å²) >= 11 is 0. The van der Waals surface area contributed by atoms with Gasteiger partial charge in [-0.1, -0.05) is 13.8 Å². The van der Waals surface area contributed by atoms with Crippen LogP contribution < -0.4 is 9.47 Å². The van der Waals surface area contributed by atoms with Crippen molar-refractivity contribution in [3.05, 3.63) is 23.8 Å². The topological polar surface area (TPSA) is 72.9 Å². The summed E-state index contributed by atoms with van der Waals surface area (Å²) in [5, 5.41) is -0.343. The van der Waals surface area contributed by atoms with Crippen LogP contribution in [-0.2, 0) is 9.84 Å². The van der Waals surface area contributed by atoms with E-state index in [0.717, 1.165) is 0 Å². The summed E-state index contributed by atoms with van der Waals surface area (Å²) in [6.07, 6.45) is 0.988. The number of carbonyl (C=O) groups is 1. The van der Waals surface area contributed by atoms with E-state index >= 15 is 0 Å². The van der Waals surface area contributed by atoms with Gasteiger partial charge in [-0.25, -0.2) is 8.42 Å². The Bertz CT molecular complexity index is 706. The minimum Gasteiger partial charge on any atom is -0.493 e. The van der Waals surface area contributed by atoms with Crippen molar-refractivity contribution >= 4 is 15.7 Å². The molecule has 0 aromatic heterocycles. The van der Waals surface area contributed by atoms with Gasteiger partial charge in [0.05, 0.1) is 25.2 Å². The highest BCUT2D eigenvalue weighted by Gasteiger charge is 2.32. The van der Waals surface area contributed by atoms with Crippen LogP contribution in [0.2, 0.25) is 0 Å². The average Bonchev–Trinajstić information content (AvgIpc) is 2.59. The number of hydrogen-bond acceptors (Lipinski definition) is 5. The van der Waals surface area contributed by atoms with Crippen molar-refractivity contribution in [3.8, 4) is 11.5 Å². The van der Waals surface area contributed by atoms with E-state index in [1.54, 1.807) is 30.2 Å². The van der Waals surface area contributed by atoms with E-state index in [4.69, 9.17) is 9.47 Å². The summed E-state index contributed by atoms with van der Waals surface area (Å²) in [5.41, 5.74) is 0.515. The van der Waals surface area contributed by atoms with Gasteiger partial charge in [-0.15, -0.1) is 0 Å². The zero-order valence-electron chi connectivity index (χ0n) is 15.3. The third kappa shape index (κ3) is 4.66. The second kappa shape index (κ2) is 8.08. The molecule has 1 amide bonds. The Balaban J connectivity index is 2.04. The standard InChI is InChI=1S/C18H27NO5S/c1-13(2)12-25(21,22)15-7-9-19(10-8-15)18(20)14-5-6-16(23-3)17(11-14)24-4/h5-6,11,13,15H,7-10,12H2,1-4H3. The number of carbonyl (C=O) groups excluding carboxylic acids is 1. The number of ether oxygens (including phenoxy) is 2. The lowest BCUT2D eigenvalue weighted by atomic mass is 10.1. The average molecular weight is 369 g/mol. The van der Waals surface area contributed by atoms with E-state index in [1.165, 1.54) is 7.11 Å². The van der Waals surface area contributed by atoms with Crippen LogP contribution >= 0.6 is 0 Å². The molecule has 1 aromatic rings. The SMILES string of the molecule is COc1ccc(C(=O)N2CCC(S(=O)(=O)CC(C)C)CC2)cc1OC. The maximum Gasteiger partial charge on any atom is 0.253 e. The zero-order valence-corrected chi connectivity index (χ0v) is 16.1. The lowest BCUT2D eigenvalue weighted by Crippen LogP contribution is -2.43. The van der Waals surface area contributed by atoms with Crippen molar-refractivity contribution in [1.82, 2.24) is 4.90 Å². The Labute approximate surface area is 150 Å². The van der Waals surface area contributed by atoms with Crippen molar-refractivity contribution in [2.75, 3.05) is 33.1 Å². The lowest BCUT2D eigenvalue weighted by molar-refractivity contribution is 0.0725. The molecule has 0 aliphatic carbocycles. The molecule has 6 nitrogen and oxygen atoms in total. The zero-order chi connectivity index (χ0) is 18.6. The monoisotopic (exact) mass is 369 g/mol. The van der Waals surface area contributed by atoms with Crippen LogP contribution in [0.4, 0.5) is 0 Å². The first-order chi connectivity index (χ1) is 11.8. The third-order valence-corrected chi connectivity index (χ3v) is 7.05. The van der Waals surface area contributed by atoms with Crippen LogP contribution in [0.5, 0.6) is 11.5 Å². The predicted molar refractivity (Wildman–Crippen MR) is 97.1 cm³/mol. The largest absolute Gasteiger partial charge is 0.493 e. The first-order valence-electron chi connectivity index (χ1n) is 8.51. The molecule has 0 unspecified atom stereocenters. The molecule has 1 aromatic carbocycles. The summed E-state index contributed by atoms with van der Waals surface area (Å²) in [7, 11) is -0.0222. The van der Waals surface area contributed by atoms with Gasteiger partial charge in [-0.05, 0) is 37.0 Å².